The van der Waals surface area contributed by atoms with E-state index in [0.29, 0.717) is 4.83 Å². The van der Waals surface area contributed by atoms with Crippen molar-refractivity contribution in [2.24, 2.45) is 0 Å². The van der Waals surface area contributed by atoms with Crippen LogP contribution in [-0.4, -0.2) is 0 Å². The second-order valence-electron chi connectivity index (χ2n) is 3.99. The lowest BCUT2D eigenvalue weighted by atomic mass is 10.0. The van der Waals surface area contributed by atoms with Crippen LogP contribution in [-0.2, 0) is 11.8 Å². The van der Waals surface area contributed by atoms with Crippen LogP contribution in [0.4, 0.5) is 0 Å². The Morgan fingerprint density at radius 3 is 2.24 bits per heavy atom. The molecule has 2 rings (SSSR count). The summed E-state index contributed by atoms with van der Waals surface area (Å²) in [5.74, 6) is 0. The molecule has 1 atom stereocenters. The third-order valence-electron chi connectivity index (χ3n) is 2.79. The summed E-state index contributed by atoms with van der Waals surface area (Å²) < 4.78 is 0. The summed E-state index contributed by atoms with van der Waals surface area (Å²) in [6.07, 6.45) is 1.02. The predicted molar refractivity (Wildman–Crippen MR) is 80.9 cm³/mol. The molecule has 2 aromatic rings. The molecule has 0 amide bonds. The molecule has 0 saturated heterocycles. The summed E-state index contributed by atoms with van der Waals surface area (Å²) >= 11 is 7.33. The van der Waals surface area contributed by atoms with E-state index in [1.807, 2.05) is 0 Å². The molecular weight excluding hydrogens is 340 g/mol. The molecule has 0 bridgehead atoms. The number of hydrogen-bond donors (Lipinski definition) is 0. The van der Waals surface area contributed by atoms with E-state index in [2.05, 4.69) is 86.5 Å². The quantitative estimate of drug-likeness (QED) is 0.657. The van der Waals surface area contributed by atoms with Gasteiger partial charge in [0.15, 0.2) is 0 Å². The van der Waals surface area contributed by atoms with Gasteiger partial charge in [-0.1, -0.05) is 86.5 Å². The number of halogens is 2. The smallest absolute Gasteiger partial charge is 0.0438 e. The van der Waals surface area contributed by atoms with E-state index < -0.39 is 0 Å². The monoisotopic (exact) mass is 352 g/mol. The second kappa shape index (κ2) is 6.36. The molecule has 0 spiro atoms. The molecular formula is C15H14Br2. The van der Waals surface area contributed by atoms with E-state index in [0.717, 1.165) is 11.8 Å². The van der Waals surface area contributed by atoms with E-state index >= 15 is 0 Å². The zero-order valence-corrected chi connectivity index (χ0v) is 12.6. The molecule has 17 heavy (non-hydrogen) atoms. The second-order valence-corrected chi connectivity index (χ2v) is 5.66. The normalized spacial score (nSPS) is 12.4. The van der Waals surface area contributed by atoms with E-state index in [9.17, 15) is 0 Å². The van der Waals surface area contributed by atoms with Gasteiger partial charge in [-0.25, -0.2) is 0 Å². The lowest BCUT2D eigenvalue weighted by Gasteiger charge is -2.14. The summed E-state index contributed by atoms with van der Waals surface area (Å²) in [6.45, 7) is 0. The van der Waals surface area contributed by atoms with Gasteiger partial charge in [0.2, 0.25) is 0 Å². The third-order valence-corrected chi connectivity index (χ3v) is 4.22. The Hall–Kier alpha value is -0.600. The van der Waals surface area contributed by atoms with Gasteiger partial charge in [-0.3, -0.25) is 0 Å². The molecule has 2 heteroatoms. The van der Waals surface area contributed by atoms with Crippen LogP contribution < -0.4 is 0 Å². The Bertz CT molecular complexity index is 465. The minimum Gasteiger partial charge on any atom is -0.0876 e. The fourth-order valence-corrected chi connectivity index (χ4v) is 3.22. The first-order valence-electron chi connectivity index (χ1n) is 5.63. The van der Waals surface area contributed by atoms with Crippen molar-refractivity contribution in [2.45, 2.75) is 16.6 Å². The molecule has 0 radical (unpaired) electrons. The molecule has 0 heterocycles. The van der Waals surface area contributed by atoms with E-state index in [1.54, 1.807) is 0 Å². The molecule has 1 unspecified atom stereocenters. The van der Waals surface area contributed by atoms with Crippen molar-refractivity contribution in [3.8, 4) is 0 Å². The minimum atomic E-state index is 0.374. The highest BCUT2D eigenvalue weighted by atomic mass is 79.9. The molecule has 0 fully saturated rings. The number of alkyl halides is 2. The maximum absolute atomic E-state index is 3.79. The summed E-state index contributed by atoms with van der Waals surface area (Å²) in [5.41, 5.74) is 4.08. The maximum Gasteiger partial charge on any atom is 0.0438 e. The van der Waals surface area contributed by atoms with Gasteiger partial charge in [-0.2, -0.15) is 0 Å². The van der Waals surface area contributed by atoms with Gasteiger partial charge in [-0.05, 0) is 23.1 Å². The number of benzene rings is 2. The van der Waals surface area contributed by atoms with Crippen molar-refractivity contribution in [1.29, 1.82) is 0 Å². The molecule has 0 aliphatic carbocycles. The predicted octanol–water partition coefficient (Wildman–Crippen LogP) is 5.26. The first-order valence-corrected chi connectivity index (χ1v) is 7.66. The zero-order valence-electron chi connectivity index (χ0n) is 9.44. The molecule has 0 saturated carbocycles. The molecule has 0 aliphatic heterocycles. The summed E-state index contributed by atoms with van der Waals surface area (Å²) in [4.78, 5) is 0.374. The van der Waals surface area contributed by atoms with E-state index in [4.69, 9.17) is 0 Å². The average molecular weight is 354 g/mol. The molecule has 2 aromatic carbocycles. The van der Waals surface area contributed by atoms with Gasteiger partial charge < -0.3 is 0 Å². The van der Waals surface area contributed by atoms with Crippen LogP contribution in [0.2, 0.25) is 0 Å². The highest BCUT2D eigenvalue weighted by molar-refractivity contribution is 9.09. The Balaban J connectivity index is 2.17. The van der Waals surface area contributed by atoms with Gasteiger partial charge in [-0.15, -0.1) is 0 Å². The van der Waals surface area contributed by atoms with Gasteiger partial charge in [0, 0.05) is 10.2 Å². The fourth-order valence-electron chi connectivity index (χ4n) is 1.89. The zero-order chi connectivity index (χ0) is 12.1. The summed E-state index contributed by atoms with van der Waals surface area (Å²) in [6, 6.07) is 19.1. The largest absolute Gasteiger partial charge is 0.0876 e. The van der Waals surface area contributed by atoms with Gasteiger partial charge in [0.25, 0.3) is 0 Å². The molecule has 0 nitrogen and oxygen atoms in total. The van der Waals surface area contributed by atoms with Gasteiger partial charge >= 0.3 is 0 Å². The number of rotatable bonds is 4. The van der Waals surface area contributed by atoms with Gasteiger partial charge in [0.05, 0.1) is 0 Å². The van der Waals surface area contributed by atoms with Crippen LogP contribution in [0.5, 0.6) is 0 Å². The summed E-state index contributed by atoms with van der Waals surface area (Å²) in [5, 5.41) is 0.903. The van der Waals surface area contributed by atoms with E-state index in [1.165, 1.54) is 16.7 Å². The highest BCUT2D eigenvalue weighted by Crippen LogP contribution is 2.30. The molecule has 0 N–H and O–H groups in total. The lowest BCUT2D eigenvalue weighted by Crippen LogP contribution is -1.98. The average Bonchev–Trinajstić information content (AvgIpc) is 2.40. The van der Waals surface area contributed by atoms with Crippen molar-refractivity contribution in [1.82, 2.24) is 0 Å². The number of hydrogen-bond acceptors (Lipinski definition) is 0. The Morgan fingerprint density at radius 1 is 0.882 bits per heavy atom. The van der Waals surface area contributed by atoms with Crippen LogP contribution in [0.3, 0.4) is 0 Å². The van der Waals surface area contributed by atoms with Crippen LogP contribution in [0.15, 0.2) is 54.6 Å². The van der Waals surface area contributed by atoms with Crippen molar-refractivity contribution in [3.05, 3.63) is 71.3 Å². The maximum atomic E-state index is 3.79. The van der Waals surface area contributed by atoms with E-state index in [-0.39, 0.29) is 0 Å². The van der Waals surface area contributed by atoms with Crippen molar-refractivity contribution < 1.29 is 0 Å². The third kappa shape index (κ3) is 3.43. The van der Waals surface area contributed by atoms with Crippen LogP contribution in [0.1, 0.15) is 21.5 Å². The molecule has 0 aromatic heterocycles. The van der Waals surface area contributed by atoms with Crippen molar-refractivity contribution in [2.75, 3.05) is 0 Å². The van der Waals surface area contributed by atoms with Crippen molar-refractivity contribution in [3.63, 3.8) is 0 Å². The Morgan fingerprint density at radius 2 is 1.53 bits per heavy atom. The Kier molecular flexibility index (Phi) is 4.81. The fraction of sp³-hybridized carbons (Fsp3) is 0.200. The molecule has 88 valence electrons. The minimum absolute atomic E-state index is 0.374. The van der Waals surface area contributed by atoms with Crippen LogP contribution in [0.25, 0.3) is 0 Å². The van der Waals surface area contributed by atoms with Crippen LogP contribution in [0, 0.1) is 0 Å². The Labute approximate surface area is 119 Å². The summed E-state index contributed by atoms with van der Waals surface area (Å²) in [7, 11) is 0. The first-order chi connectivity index (χ1) is 8.31. The highest BCUT2D eigenvalue weighted by Gasteiger charge is 2.11. The lowest BCUT2D eigenvalue weighted by molar-refractivity contribution is 0.937. The van der Waals surface area contributed by atoms with Gasteiger partial charge in [0.1, 0.15) is 0 Å². The molecule has 0 aliphatic rings. The SMILES string of the molecule is BrCc1ccccc1C(Br)Cc1ccccc1. The van der Waals surface area contributed by atoms with Crippen molar-refractivity contribution >= 4 is 31.9 Å². The topological polar surface area (TPSA) is 0 Å². The standard InChI is InChI=1S/C15H14Br2/c16-11-13-8-4-5-9-14(13)15(17)10-12-6-2-1-3-7-12/h1-9,15H,10-11H2. The first kappa shape index (κ1) is 12.8. The van der Waals surface area contributed by atoms with Crippen LogP contribution >= 0.6 is 31.9 Å².